The number of halogens is 2. The van der Waals surface area contributed by atoms with Gasteiger partial charge in [-0.05, 0) is 26.0 Å². The lowest BCUT2D eigenvalue weighted by Crippen LogP contribution is -2.46. The van der Waals surface area contributed by atoms with E-state index in [2.05, 4.69) is 30.4 Å². The van der Waals surface area contributed by atoms with Crippen LogP contribution in [0.25, 0.3) is 11.3 Å². The number of methoxy groups -OCH3 is 1. The van der Waals surface area contributed by atoms with Crippen molar-refractivity contribution in [2.24, 2.45) is 0 Å². The van der Waals surface area contributed by atoms with Crippen LogP contribution < -0.4 is 15.0 Å². The van der Waals surface area contributed by atoms with E-state index in [0.717, 1.165) is 0 Å². The minimum atomic E-state index is -0.414. The Labute approximate surface area is 178 Å². The van der Waals surface area contributed by atoms with E-state index in [4.69, 9.17) is 21.1 Å². The van der Waals surface area contributed by atoms with E-state index < -0.39 is 5.82 Å². The average Bonchev–Trinajstić information content (AvgIpc) is 3.17. The van der Waals surface area contributed by atoms with Crippen LogP contribution in [-0.4, -0.2) is 52.6 Å². The molecule has 10 heteroatoms. The van der Waals surface area contributed by atoms with Gasteiger partial charge < -0.3 is 19.7 Å². The van der Waals surface area contributed by atoms with Crippen molar-refractivity contribution in [2.45, 2.75) is 26.1 Å². The second kappa shape index (κ2) is 8.45. The first-order valence-corrected chi connectivity index (χ1v) is 9.90. The molecule has 8 nitrogen and oxygen atoms in total. The summed E-state index contributed by atoms with van der Waals surface area (Å²) in [5.41, 5.74) is 0.890. The summed E-state index contributed by atoms with van der Waals surface area (Å²) in [6.07, 6.45) is 1.71. The van der Waals surface area contributed by atoms with Gasteiger partial charge in [-0.1, -0.05) is 11.6 Å². The standard InChI is InChI=1S/C20H22ClFN6O2/c1-11-9-28(10-12(2)30-11)20-23-8-15(21)19(25-20)24-18-7-17(26-27-18)14-5-4-13(29-3)6-16(14)22/h4-8,11-12H,9-10H2,1-3H3,(H2,23,24,25,26,27)/t11-,12+. The van der Waals surface area contributed by atoms with Crippen molar-refractivity contribution in [3.63, 3.8) is 0 Å². The topological polar surface area (TPSA) is 88.2 Å². The van der Waals surface area contributed by atoms with Gasteiger partial charge in [0.2, 0.25) is 5.95 Å². The van der Waals surface area contributed by atoms with Crippen molar-refractivity contribution in [1.29, 1.82) is 0 Å². The van der Waals surface area contributed by atoms with Gasteiger partial charge in [-0.3, -0.25) is 5.10 Å². The highest BCUT2D eigenvalue weighted by atomic mass is 35.5. The van der Waals surface area contributed by atoms with Gasteiger partial charge in [-0.2, -0.15) is 10.1 Å². The number of nitrogens with one attached hydrogen (secondary N) is 2. The summed E-state index contributed by atoms with van der Waals surface area (Å²) in [5, 5.41) is 10.4. The number of aromatic nitrogens is 4. The highest BCUT2D eigenvalue weighted by Gasteiger charge is 2.24. The fourth-order valence-corrected chi connectivity index (χ4v) is 3.56. The van der Waals surface area contributed by atoms with Crippen LogP contribution in [0, 0.1) is 5.82 Å². The molecule has 158 valence electrons. The van der Waals surface area contributed by atoms with E-state index in [1.54, 1.807) is 24.4 Å². The number of morpholine rings is 1. The van der Waals surface area contributed by atoms with Crippen molar-refractivity contribution < 1.29 is 13.9 Å². The molecular weight excluding hydrogens is 411 g/mol. The van der Waals surface area contributed by atoms with Gasteiger partial charge in [0.15, 0.2) is 11.6 Å². The third kappa shape index (κ3) is 4.31. The fourth-order valence-electron chi connectivity index (χ4n) is 3.43. The fraction of sp³-hybridized carbons (Fsp3) is 0.350. The maximum absolute atomic E-state index is 14.3. The Hall–Kier alpha value is -2.91. The first-order valence-electron chi connectivity index (χ1n) is 9.52. The number of hydrogen-bond acceptors (Lipinski definition) is 7. The highest BCUT2D eigenvalue weighted by Crippen LogP contribution is 2.29. The number of H-pyrrole nitrogens is 1. The quantitative estimate of drug-likeness (QED) is 0.629. The Kier molecular flexibility index (Phi) is 5.74. The van der Waals surface area contributed by atoms with Crippen LogP contribution in [0.5, 0.6) is 5.75 Å². The molecule has 0 amide bonds. The van der Waals surface area contributed by atoms with Crippen LogP contribution >= 0.6 is 11.6 Å². The monoisotopic (exact) mass is 432 g/mol. The smallest absolute Gasteiger partial charge is 0.227 e. The molecule has 4 rings (SSSR count). The molecule has 2 atom stereocenters. The Balaban J connectivity index is 1.55. The Bertz CT molecular complexity index is 1040. The van der Waals surface area contributed by atoms with Crippen LogP contribution in [0.3, 0.4) is 0 Å². The van der Waals surface area contributed by atoms with E-state index in [1.165, 1.54) is 13.2 Å². The third-order valence-corrected chi connectivity index (χ3v) is 5.00. The largest absolute Gasteiger partial charge is 0.497 e. The Morgan fingerprint density at radius 1 is 1.27 bits per heavy atom. The van der Waals surface area contributed by atoms with E-state index in [0.29, 0.717) is 52.7 Å². The van der Waals surface area contributed by atoms with Gasteiger partial charge in [-0.25, -0.2) is 9.37 Å². The molecule has 1 saturated heterocycles. The lowest BCUT2D eigenvalue weighted by Gasteiger charge is -2.35. The number of hydrogen-bond donors (Lipinski definition) is 2. The third-order valence-electron chi connectivity index (χ3n) is 4.72. The van der Waals surface area contributed by atoms with E-state index >= 15 is 0 Å². The molecular formula is C20H22ClFN6O2. The molecule has 0 bridgehead atoms. The molecule has 0 saturated carbocycles. The van der Waals surface area contributed by atoms with Crippen LogP contribution in [0.15, 0.2) is 30.5 Å². The summed E-state index contributed by atoms with van der Waals surface area (Å²) >= 11 is 6.28. The molecule has 1 aromatic carbocycles. The lowest BCUT2D eigenvalue weighted by molar-refractivity contribution is -0.00571. The normalized spacial score (nSPS) is 19.0. The van der Waals surface area contributed by atoms with Crippen molar-refractivity contribution in [2.75, 3.05) is 30.4 Å². The predicted molar refractivity (Wildman–Crippen MR) is 113 cm³/mol. The second-order valence-corrected chi connectivity index (χ2v) is 7.57. The van der Waals surface area contributed by atoms with Crippen molar-refractivity contribution in [1.82, 2.24) is 20.2 Å². The zero-order chi connectivity index (χ0) is 21.3. The number of ether oxygens (including phenoxy) is 2. The van der Waals surface area contributed by atoms with Gasteiger partial charge in [0.05, 0.1) is 31.2 Å². The van der Waals surface area contributed by atoms with Crippen LogP contribution in [0.4, 0.5) is 22.0 Å². The summed E-state index contributed by atoms with van der Waals surface area (Å²) in [7, 11) is 1.49. The van der Waals surface area contributed by atoms with Gasteiger partial charge in [-0.15, -0.1) is 0 Å². The van der Waals surface area contributed by atoms with Crippen molar-refractivity contribution in [3.05, 3.63) is 41.3 Å². The average molecular weight is 433 g/mol. The number of aromatic amines is 1. The number of rotatable bonds is 5. The van der Waals surface area contributed by atoms with Gasteiger partial charge >= 0.3 is 0 Å². The van der Waals surface area contributed by atoms with Gasteiger partial charge in [0.1, 0.15) is 16.6 Å². The molecule has 0 unspecified atom stereocenters. The van der Waals surface area contributed by atoms with Gasteiger partial charge in [0.25, 0.3) is 0 Å². The molecule has 1 fully saturated rings. The first-order chi connectivity index (χ1) is 14.4. The molecule has 2 aromatic heterocycles. The molecule has 30 heavy (non-hydrogen) atoms. The molecule has 2 N–H and O–H groups in total. The SMILES string of the molecule is COc1ccc(-c2cc(Nc3nc(N4C[C@@H](C)O[C@@H](C)C4)ncc3Cl)n[nH]2)c(F)c1. The zero-order valence-electron chi connectivity index (χ0n) is 16.8. The number of benzene rings is 1. The summed E-state index contributed by atoms with van der Waals surface area (Å²) in [6, 6.07) is 6.31. The molecule has 0 aliphatic carbocycles. The zero-order valence-corrected chi connectivity index (χ0v) is 17.6. The number of nitrogens with zero attached hydrogens (tertiary/aromatic N) is 4. The van der Waals surface area contributed by atoms with Crippen molar-refractivity contribution in [3.8, 4) is 17.0 Å². The van der Waals surface area contributed by atoms with Crippen LogP contribution in [0.2, 0.25) is 5.02 Å². The molecule has 3 aromatic rings. The molecule has 0 spiro atoms. The lowest BCUT2D eigenvalue weighted by atomic mass is 10.1. The summed E-state index contributed by atoms with van der Waals surface area (Å²) < 4.78 is 25.1. The minimum Gasteiger partial charge on any atom is -0.497 e. The molecule has 3 heterocycles. The van der Waals surface area contributed by atoms with Gasteiger partial charge in [0, 0.05) is 30.8 Å². The maximum atomic E-state index is 14.3. The van der Waals surface area contributed by atoms with Crippen LogP contribution in [-0.2, 0) is 4.74 Å². The Morgan fingerprint density at radius 3 is 2.73 bits per heavy atom. The van der Waals surface area contributed by atoms with E-state index in [1.807, 2.05) is 13.8 Å². The molecule has 1 aliphatic heterocycles. The molecule has 1 aliphatic rings. The summed E-state index contributed by atoms with van der Waals surface area (Å²) in [5.74, 6) is 1.46. The number of anilines is 3. The summed E-state index contributed by atoms with van der Waals surface area (Å²) in [6.45, 7) is 5.41. The van der Waals surface area contributed by atoms with E-state index in [9.17, 15) is 4.39 Å². The van der Waals surface area contributed by atoms with Crippen LogP contribution in [0.1, 0.15) is 13.8 Å². The Morgan fingerprint density at radius 2 is 2.03 bits per heavy atom. The van der Waals surface area contributed by atoms with Crippen molar-refractivity contribution >= 4 is 29.2 Å². The molecule has 0 radical (unpaired) electrons. The maximum Gasteiger partial charge on any atom is 0.227 e. The second-order valence-electron chi connectivity index (χ2n) is 7.17. The summed E-state index contributed by atoms with van der Waals surface area (Å²) in [4.78, 5) is 11.0. The predicted octanol–water partition coefficient (Wildman–Crippen LogP) is 4.03. The first kappa shape index (κ1) is 20.4. The highest BCUT2D eigenvalue weighted by molar-refractivity contribution is 6.32. The van der Waals surface area contributed by atoms with E-state index in [-0.39, 0.29) is 12.2 Å². The minimum absolute atomic E-state index is 0.0812.